The zero-order valence-corrected chi connectivity index (χ0v) is 28.7. The number of methoxy groups -OCH3 is 1. The number of ether oxygens (including phenoxy) is 1. The van der Waals surface area contributed by atoms with Crippen molar-refractivity contribution in [2.24, 2.45) is 5.92 Å². The Labute approximate surface area is 287 Å². The van der Waals surface area contributed by atoms with Gasteiger partial charge in [0.25, 0.3) is 0 Å². The van der Waals surface area contributed by atoms with Crippen LogP contribution in [-0.2, 0) is 27.0 Å². The molecule has 1 saturated carbocycles. The second kappa shape index (κ2) is 15.9. The number of fused-ring (bicyclic) bond motifs is 1. The van der Waals surface area contributed by atoms with Crippen LogP contribution in [0, 0.1) is 11.7 Å². The number of carbonyl (C=O) groups excluding carboxylic acids is 2. The van der Waals surface area contributed by atoms with Gasteiger partial charge in [-0.15, -0.1) is 0 Å². The van der Waals surface area contributed by atoms with E-state index in [-0.39, 0.29) is 61.2 Å². The molecular weight excluding hydrogens is 669 g/mol. The van der Waals surface area contributed by atoms with Gasteiger partial charge in [0.05, 0.1) is 7.11 Å². The molecule has 48 heavy (non-hydrogen) atoms. The predicted molar refractivity (Wildman–Crippen MR) is 177 cm³/mol. The van der Waals surface area contributed by atoms with Gasteiger partial charge in [-0.25, -0.2) is 18.0 Å². The first-order chi connectivity index (χ1) is 22.9. The summed E-state index contributed by atoms with van der Waals surface area (Å²) in [6, 6.07) is 10.8. The van der Waals surface area contributed by atoms with E-state index >= 15 is 4.39 Å². The molecule has 2 N–H and O–H groups in total. The van der Waals surface area contributed by atoms with Crippen LogP contribution in [0.1, 0.15) is 62.0 Å². The number of rotatable bonds is 13. The van der Waals surface area contributed by atoms with Gasteiger partial charge >= 0.3 is 6.09 Å². The van der Waals surface area contributed by atoms with Crippen molar-refractivity contribution in [3.8, 4) is 0 Å². The van der Waals surface area contributed by atoms with Crippen molar-refractivity contribution < 1.29 is 36.3 Å². The van der Waals surface area contributed by atoms with Crippen molar-refractivity contribution in [2.45, 2.75) is 87.4 Å². The number of alkyl halides is 2. The molecule has 14 heteroatoms. The van der Waals surface area contributed by atoms with Gasteiger partial charge in [-0.1, -0.05) is 40.9 Å². The molecule has 3 aliphatic rings. The zero-order valence-electron chi connectivity index (χ0n) is 27.1. The molecule has 7 atom stereocenters. The normalized spacial score (nSPS) is 25.3. The molecule has 5 rings (SSSR count). The van der Waals surface area contributed by atoms with Crippen LogP contribution in [-0.4, -0.2) is 93.7 Å². The summed E-state index contributed by atoms with van der Waals surface area (Å²) >= 11 is 4.12. The molecule has 0 spiro atoms. The predicted octanol–water partition coefficient (Wildman–Crippen LogP) is 5.71. The quantitative estimate of drug-likeness (QED) is 0.202. The Kier molecular flexibility index (Phi) is 12.1. The Morgan fingerprint density at radius 2 is 1.90 bits per heavy atom. The maximum absolute atomic E-state index is 15.4. The van der Waals surface area contributed by atoms with Crippen LogP contribution < -0.4 is 10.6 Å². The molecule has 2 aromatic rings. The average Bonchev–Trinajstić information content (AvgIpc) is 3.86. The lowest BCUT2D eigenvalue weighted by atomic mass is 9.72. The first-order valence-electron chi connectivity index (χ1n) is 16.5. The second-order valence-corrected chi connectivity index (χ2v) is 14.6. The molecule has 264 valence electrons. The van der Waals surface area contributed by atoms with Crippen molar-refractivity contribution in [1.82, 2.24) is 15.1 Å². The van der Waals surface area contributed by atoms with Crippen LogP contribution in [0.15, 0.2) is 42.5 Å². The summed E-state index contributed by atoms with van der Waals surface area (Å²) in [5, 5.41) is 6.91. The van der Waals surface area contributed by atoms with Gasteiger partial charge in [0.15, 0.2) is 0 Å². The van der Waals surface area contributed by atoms with E-state index < -0.39 is 46.8 Å². The highest BCUT2D eigenvalue weighted by molar-refractivity contribution is 7.79. The van der Waals surface area contributed by atoms with Crippen LogP contribution >= 0.6 is 11.6 Å². The first kappa shape index (κ1) is 36.6. The first-order valence-corrected chi connectivity index (χ1v) is 18.1. The van der Waals surface area contributed by atoms with Gasteiger partial charge in [-0.3, -0.25) is 18.8 Å². The number of nitrogens with one attached hydrogen (secondary N) is 2. The molecule has 1 aliphatic carbocycles. The van der Waals surface area contributed by atoms with E-state index in [0.717, 1.165) is 13.0 Å². The third-order valence-corrected chi connectivity index (χ3v) is 11.1. The van der Waals surface area contributed by atoms with Gasteiger partial charge in [-0.05, 0) is 74.3 Å². The highest BCUT2D eigenvalue weighted by atomic mass is 35.5. The molecule has 2 aliphatic heterocycles. The number of carbonyl (C=O) groups is 2. The Morgan fingerprint density at radius 3 is 2.56 bits per heavy atom. The summed E-state index contributed by atoms with van der Waals surface area (Å²) in [4.78, 5) is 30.7. The number of benzene rings is 2. The highest BCUT2D eigenvalue weighted by Gasteiger charge is 2.48. The largest absolute Gasteiger partial charge is 0.772 e. The average molecular weight is 712 g/mol. The number of halogens is 4. The second-order valence-electron chi connectivity index (χ2n) is 13.2. The third kappa shape index (κ3) is 8.90. The minimum atomic E-state index is -2.80. The van der Waals surface area contributed by atoms with Crippen LogP contribution in [0.4, 0.5) is 23.7 Å². The van der Waals surface area contributed by atoms with E-state index in [1.807, 2.05) is 0 Å². The lowest BCUT2D eigenvalue weighted by Gasteiger charge is -2.40. The summed E-state index contributed by atoms with van der Waals surface area (Å²) < 4.78 is 70.7. The molecule has 7 unspecified atom stereocenters. The summed E-state index contributed by atoms with van der Waals surface area (Å²) in [6.07, 6.45) is 1.19. The number of hydrogen-bond donors (Lipinski definition) is 2. The number of amides is 2. The summed E-state index contributed by atoms with van der Waals surface area (Å²) in [5.74, 6) is -4.74. The van der Waals surface area contributed by atoms with Gasteiger partial charge in [0.2, 0.25) is 11.8 Å². The van der Waals surface area contributed by atoms with Crippen LogP contribution in [0.5, 0.6) is 0 Å². The summed E-state index contributed by atoms with van der Waals surface area (Å²) in [7, 11) is 2.64. The number of hydrogen-bond acceptors (Lipinski definition) is 7. The van der Waals surface area contributed by atoms with Crippen molar-refractivity contribution in [3.63, 3.8) is 0 Å². The van der Waals surface area contributed by atoms with Crippen LogP contribution in [0.2, 0.25) is 5.02 Å². The van der Waals surface area contributed by atoms with Gasteiger partial charge in [0, 0.05) is 79.0 Å². The fraction of sp³-hybridized carbons (Fsp3) is 0.588. The van der Waals surface area contributed by atoms with E-state index in [2.05, 4.69) is 15.5 Å². The standard InChI is InChI=1S/C34H44ClF3N4O5S/c1-41(33(44)47-2)31(30(21-8-10-23(35)11-9-21)22-14-16-34(37,38)17-15-22)32(43)40-27-7-3-6-26(36)25(27)12-13-28-29-20-42(29)24(19-39-28)5-4-18-48(45)46/h3,6-11,22,24,28-31,39H,4-5,12-20H2,1-2H3,(H,40,43)(H,45,46)/p-1. The van der Waals surface area contributed by atoms with E-state index in [4.69, 9.17) is 16.3 Å². The third-order valence-electron chi connectivity index (χ3n) is 10.2. The Balaban J connectivity index is 1.35. The molecule has 0 aromatic heterocycles. The van der Waals surface area contributed by atoms with E-state index in [0.29, 0.717) is 42.0 Å². The Bertz CT molecular complexity index is 1460. The number of nitrogens with zero attached hydrogens (tertiary/aromatic N) is 2. The molecule has 2 amide bonds. The van der Waals surface area contributed by atoms with Crippen molar-refractivity contribution >= 4 is 40.4 Å². The fourth-order valence-corrected chi connectivity index (χ4v) is 8.11. The molecule has 9 nitrogen and oxygen atoms in total. The maximum atomic E-state index is 15.4. The van der Waals surface area contributed by atoms with Gasteiger partial charge in [0.1, 0.15) is 11.9 Å². The van der Waals surface area contributed by atoms with Crippen LogP contribution in [0.3, 0.4) is 0 Å². The van der Waals surface area contributed by atoms with Gasteiger partial charge in [-0.2, -0.15) is 0 Å². The molecule has 3 fully saturated rings. The monoisotopic (exact) mass is 711 g/mol. The van der Waals surface area contributed by atoms with Gasteiger partial charge < -0.3 is 19.9 Å². The summed E-state index contributed by atoms with van der Waals surface area (Å²) in [5.41, 5.74) is 1.28. The van der Waals surface area contributed by atoms with E-state index in [1.54, 1.807) is 30.3 Å². The van der Waals surface area contributed by atoms with Crippen molar-refractivity contribution in [3.05, 3.63) is 64.4 Å². The zero-order chi connectivity index (χ0) is 34.6. The summed E-state index contributed by atoms with van der Waals surface area (Å²) in [6.45, 7) is 1.61. The number of anilines is 1. The fourth-order valence-electron chi connectivity index (χ4n) is 7.58. The topological polar surface area (TPSA) is 114 Å². The molecule has 0 bridgehead atoms. The SMILES string of the molecule is COC(=O)N(C)C(C(=O)Nc1cccc(F)c1CCC1NCC(CCCS(=O)[O-])N2CC12)C(c1ccc(Cl)cc1)C1CCC(F)(F)CC1. The Morgan fingerprint density at radius 1 is 1.19 bits per heavy atom. The molecule has 2 heterocycles. The minimum Gasteiger partial charge on any atom is -0.772 e. The maximum Gasteiger partial charge on any atom is 0.409 e. The van der Waals surface area contributed by atoms with Crippen LogP contribution in [0.25, 0.3) is 0 Å². The minimum absolute atomic E-state index is 0.106. The highest BCUT2D eigenvalue weighted by Crippen LogP contribution is 2.45. The number of piperazine rings is 1. The van der Waals surface area contributed by atoms with E-state index in [1.165, 1.54) is 31.2 Å². The molecule has 2 saturated heterocycles. The lowest BCUT2D eigenvalue weighted by Crippen LogP contribution is -2.51. The van der Waals surface area contributed by atoms with Crippen molar-refractivity contribution in [2.75, 3.05) is 38.3 Å². The Hall–Kier alpha value is -2.71. The molecule has 0 radical (unpaired) electrons. The lowest BCUT2D eigenvalue weighted by molar-refractivity contribution is -0.122. The van der Waals surface area contributed by atoms with Crippen molar-refractivity contribution in [1.29, 1.82) is 0 Å². The molecular formula is C34H43ClF3N4O5S-. The van der Waals surface area contributed by atoms with E-state index in [9.17, 15) is 27.1 Å². The molecule has 2 aromatic carbocycles. The smallest absolute Gasteiger partial charge is 0.409 e. The number of likely N-dealkylation sites (N-methyl/N-ethyl adjacent to an activating group) is 1.